The van der Waals surface area contributed by atoms with E-state index in [0.29, 0.717) is 11.3 Å². The summed E-state index contributed by atoms with van der Waals surface area (Å²) >= 11 is 1.93. The van der Waals surface area contributed by atoms with Crippen LogP contribution in [-0.4, -0.2) is 12.3 Å². The zero-order valence-electron chi connectivity index (χ0n) is 9.37. The monoisotopic (exact) mass is 209 g/mol. The molecule has 2 heteroatoms. The van der Waals surface area contributed by atoms with E-state index in [-0.39, 0.29) is 0 Å². The van der Waals surface area contributed by atoms with Crippen LogP contribution in [0.3, 0.4) is 0 Å². The van der Waals surface area contributed by atoms with Gasteiger partial charge < -0.3 is 5.32 Å². The minimum atomic E-state index is 0.428. The third kappa shape index (κ3) is 3.03. The van der Waals surface area contributed by atoms with E-state index >= 15 is 0 Å². The molecule has 0 bridgehead atoms. The second-order valence-electron chi connectivity index (χ2n) is 3.71. The Hall–Kier alpha value is -0.470. The lowest BCUT2D eigenvalue weighted by molar-refractivity contribution is 0.641. The Morgan fingerprint density at radius 3 is 2.36 bits per heavy atom. The van der Waals surface area contributed by atoms with Crippen molar-refractivity contribution in [2.45, 2.75) is 37.0 Å². The number of hydrogen-bond donors (Lipinski definition) is 1. The molecule has 14 heavy (non-hydrogen) atoms. The topological polar surface area (TPSA) is 12.0 Å². The molecule has 1 atom stereocenters. The van der Waals surface area contributed by atoms with Crippen LogP contribution in [-0.2, 0) is 0 Å². The summed E-state index contributed by atoms with van der Waals surface area (Å²) in [4.78, 5) is 1.39. The Kier molecular flexibility index (Phi) is 4.49. The van der Waals surface area contributed by atoms with E-state index in [1.165, 1.54) is 10.5 Å². The summed E-state index contributed by atoms with van der Waals surface area (Å²) in [5.41, 5.74) is 1.40. The van der Waals surface area contributed by atoms with Gasteiger partial charge in [0, 0.05) is 16.2 Å². The third-order valence-electron chi connectivity index (χ3n) is 2.18. The number of hydrogen-bond acceptors (Lipinski definition) is 2. The van der Waals surface area contributed by atoms with Gasteiger partial charge in [-0.2, -0.15) is 0 Å². The Morgan fingerprint density at radius 2 is 1.79 bits per heavy atom. The minimum absolute atomic E-state index is 0.428. The Balaban J connectivity index is 2.91. The molecular formula is C12H19NS. The standard InChI is InChI=1S/C12H19NS/c1-9(2)14-12-8-6-5-7-11(12)10(3)13-4/h5-10,13H,1-4H3. The molecule has 0 aromatic heterocycles. The summed E-state index contributed by atoms with van der Waals surface area (Å²) in [6.07, 6.45) is 0. The van der Waals surface area contributed by atoms with Gasteiger partial charge in [0.25, 0.3) is 0 Å². The quantitative estimate of drug-likeness (QED) is 0.762. The molecule has 1 aromatic rings. The largest absolute Gasteiger partial charge is 0.313 e. The van der Waals surface area contributed by atoms with Gasteiger partial charge in [-0.1, -0.05) is 32.0 Å². The van der Waals surface area contributed by atoms with Crippen LogP contribution in [0.25, 0.3) is 0 Å². The average molecular weight is 209 g/mol. The van der Waals surface area contributed by atoms with Gasteiger partial charge in [0.05, 0.1) is 0 Å². The SMILES string of the molecule is CNC(C)c1ccccc1SC(C)C. The zero-order valence-corrected chi connectivity index (χ0v) is 10.2. The van der Waals surface area contributed by atoms with Gasteiger partial charge in [-0.3, -0.25) is 0 Å². The molecule has 1 unspecified atom stereocenters. The number of nitrogens with one attached hydrogen (secondary N) is 1. The highest BCUT2D eigenvalue weighted by Crippen LogP contribution is 2.29. The van der Waals surface area contributed by atoms with Crippen molar-refractivity contribution < 1.29 is 0 Å². The second kappa shape index (κ2) is 5.42. The van der Waals surface area contributed by atoms with Crippen molar-refractivity contribution in [1.29, 1.82) is 0 Å². The molecule has 1 aromatic carbocycles. The van der Waals surface area contributed by atoms with Gasteiger partial charge in [-0.15, -0.1) is 11.8 Å². The Bertz CT molecular complexity index is 283. The highest BCUT2D eigenvalue weighted by molar-refractivity contribution is 8.00. The number of benzene rings is 1. The lowest BCUT2D eigenvalue weighted by Gasteiger charge is -2.16. The van der Waals surface area contributed by atoms with Gasteiger partial charge in [0.2, 0.25) is 0 Å². The van der Waals surface area contributed by atoms with Crippen LogP contribution in [0, 0.1) is 0 Å². The average Bonchev–Trinajstić information content (AvgIpc) is 2.16. The summed E-state index contributed by atoms with van der Waals surface area (Å²) in [5, 5.41) is 3.92. The number of rotatable bonds is 4. The van der Waals surface area contributed by atoms with Crippen molar-refractivity contribution in [3.63, 3.8) is 0 Å². The highest BCUT2D eigenvalue weighted by Gasteiger charge is 2.09. The lowest BCUT2D eigenvalue weighted by Crippen LogP contribution is -2.13. The normalized spacial score (nSPS) is 13.2. The first-order chi connectivity index (χ1) is 6.65. The fourth-order valence-electron chi connectivity index (χ4n) is 1.36. The Morgan fingerprint density at radius 1 is 1.14 bits per heavy atom. The van der Waals surface area contributed by atoms with Crippen LogP contribution < -0.4 is 5.32 Å². The lowest BCUT2D eigenvalue weighted by atomic mass is 10.1. The van der Waals surface area contributed by atoms with Crippen LogP contribution >= 0.6 is 11.8 Å². The maximum absolute atomic E-state index is 3.28. The molecule has 1 rings (SSSR count). The van der Waals surface area contributed by atoms with Gasteiger partial charge in [0.1, 0.15) is 0 Å². The molecule has 0 saturated carbocycles. The van der Waals surface area contributed by atoms with Gasteiger partial charge >= 0.3 is 0 Å². The zero-order chi connectivity index (χ0) is 10.6. The van der Waals surface area contributed by atoms with Crippen molar-refractivity contribution in [3.05, 3.63) is 29.8 Å². The van der Waals surface area contributed by atoms with E-state index in [1.54, 1.807) is 0 Å². The molecule has 0 fully saturated rings. The van der Waals surface area contributed by atoms with Crippen LogP contribution in [0.2, 0.25) is 0 Å². The minimum Gasteiger partial charge on any atom is -0.313 e. The van der Waals surface area contributed by atoms with Gasteiger partial charge in [-0.05, 0) is 25.6 Å². The molecule has 0 spiro atoms. The first-order valence-electron chi connectivity index (χ1n) is 5.08. The summed E-state index contributed by atoms with van der Waals surface area (Å²) in [6, 6.07) is 9.04. The maximum atomic E-state index is 3.28. The molecule has 1 nitrogen and oxygen atoms in total. The molecule has 0 radical (unpaired) electrons. The molecule has 1 N–H and O–H groups in total. The van der Waals surface area contributed by atoms with E-state index in [2.05, 4.69) is 50.4 Å². The molecule has 78 valence electrons. The predicted molar refractivity (Wildman–Crippen MR) is 64.9 cm³/mol. The molecular weight excluding hydrogens is 190 g/mol. The van der Waals surface area contributed by atoms with Crippen LogP contribution in [0.1, 0.15) is 32.4 Å². The van der Waals surface area contributed by atoms with E-state index in [0.717, 1.165) is 0 Å². The van der Waals surface area contributed by atoms with Crippen molar-refractivity contribution in [2.75, 3.05) is 7.05 Å². The molecule has 0 heterocycles. The van der Waals surface area contributed by atoms with Crippen molar-refractivity contribution in [2.24, 2.45) is 0 Å². The molecule has 0 aliphatic heterocycles. The first kappa shape index (κ1) is 11.6. The van der Waals surface area contributed by atoms with Crippen LogP contribution in [0.15, 0.2) is 29.2 Å². The molecule has 0 aliphatic rings. The van der Waals surface area contributed by atoms with E-state index in [9.17, 15) is 0 Å². The highest BCUT2D eigenvalue weighted by atomic mass is 32.2. The predicted octanol–water partition coefficient (Wildman–Crippen LogP) is 3.47. The molecule has 0 saturated heterocycles. The summed E-state index contributed by atoms with van der Waals surface area (Å²) in [7, 11) is 2.00. The fourth-order valence-corrected chi connectivity index (χ4v) is 2.40. The van der Waals surface area contributed by atoms with Crippen LogP contribution in [0.4, 0.5) is 0 Å². The Labute approximate surface area is 91.3 Å². The van der Waals surface area contributed by atoms with Crippen molar-refractivity contribution in [3.8, 4) is 0 Å². The van der Waals surface area contributed by atoms with E-state index in [4.69, 9.17) is 0 Å². The second-order valence-corrected chi connectivity index (χ2v) is 5.33. The molecule has 0 amide bonds. The van der Waals surface area contributed by atoms with Crippen molar-refractivity contribution in [1.82, 2.24) is 5.32 Å². The smallest absolute Gasteiger partial charge is 0.0300 e. The summed E-state index contributed by atoms with van der Waals surface area (Å²) in [5.74, 6) is 0. The van der Waals surface area contributed by atoms with Gasteiger partial charge in [-0.25, -0.2) is 0 Å². The maximum Gasteiger partial charge on any atom is 0.0300 e. The fraction of sp³-hybridized carbons (Fsp3) is 0.500. The van der Waals surface area contributed by atoms with Gasteiger partial charge in [0.15, 0.2) is 0 Å². The summed E-state index contributed by atoms with van der Waals surface area (Å²) < 4.78 is 0. The van der Waals surface area contributed by atoms with E-state index < -0.39 is 0 Å². The van der Waals surface area contributed by atoms with Crippen LogP contribution in [0.5, 0.6) is 0 Å². The molecule has 0 aliphatic carbocycles. The first-order valence-corrected chi connectivity index (χ1v) is 5.96. The summed E-state index contributed by atoms with van der Waals surface area (Å²) in [6.45, 7) is 6.65. The third-order valence-corrected chi connectivity index (χ3v) is 3.28. The number of thioether (sulfide) groups is 1. The van der Waals surface area contributed by atoms with E-state index in [1.807, 2.05) is 18.8 Å². The van der Waals surface area contributed by atoms with Crippen molar-refractivity contribution >= 4 is 11.8 Å².